The normalized spacial score (nSPS) is 20.7. The first kappa shape index (κ1) is 7.24. The van der Waals surface area contributed by atoms with Gasteiger partial charge in [-0.15, -0.1) is 0 Å². The first-order valence-electron chi connectivity index (χ1n) is 2.83. The molecule has 58 valence electrons. The summed E-state index contributed by atoms with van der Waals surface area (Å²) < 4.78 is 28.0. The number of hydrogen-bond acceptors (Lipinski definition) is 2. The summed E-state index contributed by atoms with van der Waals surface area (Å²) in [6, 6.07) is 0. The van der Waals surface area contributed by atoms with E-state index in [0.717, 1.165) is 0 Å². The van der Waals surface area contributed by atoms with Crippen LogP contribution in [-0.2, 0) is 4.74 Å². The fraction of sp³-hybridized carbons (Fsp3) is 0.800. The average Bonchev–Trinajstić information content (AvgIpc) is 2.46. The van der Waals surface area contributed by atoms with Crippen LogP contribution in [0.1, 0.15) is 12.8 Å². The highest BCUT2D eigenvalue weighted by Crippen LogP contribution is 2.44. The Morgan fingerprint density at radius 2 is 2.10 bits per heavy atom. The maximum atomic E-state index is 11.9. The van der Waals surface area contributed by atoms with Crippen LogP contribution in [0.15, 0.2) is 0 Å². The fourth-order valence-electron chi connectivity index (χ4n) is 0.688. The van der Waals surface area contributed by atoms with E-state index >= 15 is 0 Å². The number of carbonyl (C=O) groups is 1. The summed E-state index contributed by atoms with van der Waals surface area (Å²) in [5.74, 6) is 0. The van der Waals surface area contributed by atoms with Gasteiger partial charge in [-0.2, -0.15) is 0 Å². The van der Waals surface area contributed by atoms with Crippen LogP contribution in [0.4, 0.5) is 13.6 Å². The van der Waals surface area contributed by atoms with Gasteiger partial charge >= 0.3 is 6.09 Å². The van der Waals surface area contributed by atoms with Crippen LogP contribution in [0, 0.1) is 0 Å². The highest BCUT2D eigenvalue weighted by molar-refractivity contribution is 5.65. The van der Waals surface area contributed by atoms with Crippen LogP contribution >= 0.6 is 0 Å². The number of amides is 1. The summed E-state index contributed by atoms with van der Waals surface area (Å²) in [5, 5.41) is 0. The van der Waals surface area contributed by atoms with E-state index in [0.29, 0.717) is 0 Å². The van der Waals surface area contributed by atoms with Gasteiger partial charge in [-0.25, -0.2) is 13.6 Å². The molecule has 0 spiro atoms. The van der Waals surface area contributed by atoms with Crippen molar-refractivity contribution in [1.29, 1.82) is 0 Å². The summed E-state index contributed by atoms with van der Waals surface area (Å²) >= 11 is 0. The molecular weight excluding hydrogens is 144 g/mol. The quantitative estimate of drug-likeness (QED) is 0.636. The lowest BCUT2D eigenvalue weighted by molar-refractivity contribution is -0.0325. The molecule has 0 saturated heterocycles. The number of halogens is 2. The first-order chi connectivity index (χ1) is 4.57. The molecular formula is C5H7F2NO2. The number of carbonyl (C=O) groups excluding carboxylic acids is 1. The van der Waals surface area contributed by atoms with E-state index in [1.807, 2.05) is 0 Å². The van der Waals surface area contributed by atoms with Gasteiger partial charge in [0.05, 0.1) is 0 Å². The third kappa shape index (κ3) is 1.17. The second-order valence-electron chi connectivity index (χ2n) is 2.29. The van der Waals surface area contributed by atoms with Crippen molar-refractivity contribution in [3.8, 4) is 0 Å². The van der Waals surface area contributed by atoms with Crippen molar-refractivity contribution in [2.75, 3.05) is 0 Å². The molecule has 0 aromatic carbocycles. The van der Waals surface area contributed by atoms with Crippen molar-refractivity contribution in [3.05, 3.63) is 0 Å². The molecule has 1 rings (SSSR count). The Balaban J connectivity index is 2.45. The van der Waals surface area contributed by atoms with Gasteiger partial charge in [-0.3, -0.25) is 0 Å². The molecule has 0 atom stereocenters. The number of alkyl halides is 2. The third-order valence-corrected chi connectivity index (χ3v) is 1.44. The van der Waals surface area contributed by atoms with Crippen LogP contribution in [0.2, 0.25) is 0 Å². The summed E-state index contributed by atoms with van der Waals surface area (Å²) in [6.45, 7) is 0. The van der Waals surface area contributed by atoms with E-state index in [1.54, 1.807) is 0 Å². The zero-order valence-electron chi connectivity index (χ0n) is 5.14. The van der Waals surface area contributed by atoms with Gasteiger partial charge in [-0.1, -0.05) is 0 Å². The minimum absolute atomic E-state index is 0.216. The van der Waals surface area contributed by atoms with Crippen molar-refractivity contribution in [2.45, 2.75) is 24.9 Å². The molecule has 0 aromatic rings. The fourth-order valence-corrected chi connectivity index (χ4v) is 0.688. The summed E-state index contributed by atoms with van der Waals surface area (Å²) in [4.78, 5) is 10.0. The topological polar surface area (TPSA) is 52.3 Å². The Kier molecular flexibility index (Phi) is 1.50. The Bertz CT molecular complexity index is 156. The van der Waals surface area contributed by atoms with Crippen molar-refractivity contribution in [3.63, 3.8) is 0 Å². The molecule has 1 aliphatic rings. The minimum Gasteiger partial charge on any atom is -0.437 e. The van der Waals surface area contributed by atoms with Crippen molar-refractivity contribution in [2.24, 2.45) is 5.73 Å². The van der Waals surface area contributed by atoms with E-state index in [9.17, 15) is 13.6 Å². The lowest BCUT2D eigenvalue weighted by Crippen LogP contribution is -2.30. The average molecular weight is 151 g/mol. The zero-order chi connectivity index (χ0) is 7.78. The number of nitrogens with two attached hydrogens (primary N) is 1. The van der Waals surface area contributed by atoms with E-state index in [4.69, 9.17) is 0 Å². The molecule has 1 amide bonds. The predicted molar refractivity (Wildman–Crippen MR) is 28.6 cm³/mol. The number of hydrogen-bond donors (Lipinski definition) is 1. The van der Waals surface area contributed by atoms with Crippen molar-refractivity contribution in [1.82, 2.24) is 0 Å². The summed E-state index contributed by atoms with van der Waals surface area (Å²) in [7, 11) is 0. The SMILES string of the molecule is NC(=O)OC1(C(F)F)CC1. The van der Waals surface area contributed by atoms with Crippen LogP contribution in [0.25, 0.3) is 0 Å². The molecule has 1 saturated carbocycles. The number of primary amides is 1. The summed E-state index contributed by atoms with van der Waals surface area (Å²) in [6.07, 6.45) is -3.31. The molecule has 0 aliphatic heterocycles. The maximum absolute atomic E-state index is 11.9. The van der Waals surface area contributed by atoms with Crippen LogP contribution in [0.5, 0.6) is 0 Å². The smallest absolute Gasteiger partial charge is 0.405 e. The molecule has 2 N–H and O–H groups in total. The lowest BCUT2D eigenvalue weighted by Gasteiger charge is -2.12. The highest BCUT2D eigenvalue weighted by Gasteiger charge is 2.55. The number of rotatable bonds is 2. The van der Waals surface area contributed by atoms with E-state index < -0.39 is 18.1 Å². The Morgan fingerprint density at radius 1 is 1.60 bits per heavy atom. The molecule has 1 fully saturated rings. The van der Waals surface area contributed by atoms with E-state index in [-0.39, 0.29) is 12.8 Å². The monoisotopic (exact) mass is 151 g/mol. The molecule has 1 aliphatic carbocycles. The van der Waals surface area contributed by atoms with Gasteiger partial charge in [-0.05, 0) is 12.8 Å². The number of ether oxygens (including phenoxy) is 1. The molecule has 0 radical (unpaired) electrons. The molecule has 10 heavy (non-hydrogen) atoms. The highest BCUT2D eigenvalue weighted by atomic mass is 19.3. The zero-order valence-corrected chi connectivity index (χ0v) is 5.14. The Hall–Kier alpha value is -0.870. The standard InChI is InChI=1S/C5H7F2NO2/c6-3(7)5(1-2-5)10-4(8)9/h3H,1-2H2,(H2,8,9). The van der Waals surface area contributed by atoms with Gasteiger partial charge < -0.3 is 10.5 Å². The summed E-state index contributed by atoms with van der Waals surface area (Å²) in [5.41, 5.74) is 3.03. The van der Waals surface area contributed by atoms with Crippen LogP contribution in [-0.4, -0.2) is 18.1 Å². The van der Waals surface area contributed by atoms with Gasteiger partial charge in [0.15, 0.2) is 5.60 Å². The van der Waals surface area contributed by atoms with E-state index in [2.05, 4.69) is 10.5 Å². The molecule has 0 bridgehead atoms. The molecule has 0 heterocycles. The van der Waals surface area contributed by atoms with E-state index in [1.165, 1.54) is 0 Å². The maximum Gasteiger partial charge on any atom is 0.405 e. The Morgan fingerprint density at radius 3 is 2.20 bits per heavy atom. The van der Waals surface area contributed by atoms with Gasteiger partial charge in [0.2, 0.25) is 0 Å². The molecule has 0 aromatic heterocycles. The second kappa shape index (κ2) is 2.07. The van der Waals surface area contributed by atoms with Crippen molar-refractivity contribution < 1.29 is 18.3 Å². The molecule has 0 unspecified atom stereocenters. The van der Waals surface area contributed by atoms with Crippen LogP contribution < -0.4 is 5.73 Å². The molecule has 5 heteroatoms. The van der Waals surface area contributed by atoms with Crippen LogP contribution in [0.3, 0.4) is 0 Å². The largest absolute Gasteiger partial charge is 0.437 e. The Labute approximate surface area is 56.1 Å². The van der Waals surface area contributed by atoms with Gasteiger partial charge in [0.1, 0.15) is 0 Å². The predicted octanol–water partition coefficient (Wildman–Crippen LogP) is 0.879. The third-order valence-electron chi connectivity index (χ3n) is 1.44. The second-order valence-corrected chi connectivity index (χ2v) is 2.29. The van der Waals surface area contributed by atoms with Gasteiger partial charge in [0.25, 0.3) is 6.43 Å². The lowest BCUT2D eigenvalue weighted by atomic mass is 10.4. The minimum atomic E-state index is -2.61. The van der Waals surface area contributed by atoms with Gasteiger partial charge in [0, 0.05) is 0 Å². The van der Waals surface area contributed by atoms with Crippen molar-refractivity contribution >= 4 is 6.09 Å². The molecule has 3 nitrogen and oxygen atoms in total. The first-order valence-corrected chi connectivity index (χ1v) is 2.83.